The lowest BCUT2D eigenvalue weighted by Crippen LogP contribution is -2.51. The Morgan fingerprint density at radius 1 is 0.984 bits per heavy atom. The molecule has 0 saturated carbocycles. The van der Waals surface area contributed by atoms with Gasteiger partial charge in [0, 0.05) is 31.1 Å². The number of carbonyl (C=O) groups is 3. The number of imidazole rings is 2. The van der Waals surface area contributed by atoms with Crippen LogP contribution in [0.3, 0.4) is 0 Å². The lowest BCUT2D eigenvalue weighted by Gasteiger charge is -2.34. The van der Waals surface area contributed by atoms with E-state index in [1.165, 1.54) is 14.2 Å². The molecule has 1 unspecified atom stereocenters. The molecular weight excluding hydrogens is 801 g/mol. The molecule has 0 aliphatic carbocycles. The largest absolute Gasteiger partial charge is 0.488 e. The van der Waals surface area contributed by atoms with Gasteiger partial charge in [0.15, 0.2) is 0 Å². The molecular formula is C48H56N8O7. The fourth-order valence-corrected chi connectivity index (χ4v) is 8.83. The minimum Gasteiger partial charge on any atom is -0.488 e. The van der Waals surface area contributed by atoms with Gasteiger partial charge in [0.05, 0.1) is 42.1 Å². The number of ether oxygens (including phenoxy) is 3. The number of aromatic amines is 2. The Morgan fingerprint density at radius 2 is 1.78 bits per heavy atom. The number of nitrogens with zero attached hydrogens (tertiary/aromatic N) is 4. The zero-order valence-electron chi connectivity index (χ0n) is 36.8. The highest BCUT2D eigenvalue weighted by atomic mass is 16.6. The number of nitrogens with one attached hydrogen (secondary N) is 4. The Morgan fingerprint density at radius 3 is 2.51 bits per heavy atom. The monoisotopic (exact) mass is 856 g/mol. The van der Waals surface area contributed by atoms with Gasteiger partial charge in [0.25, 0.3) is 0 Å². The van der Waals surface area contributed by atoms with Crippen LogP contribution in [0.5, 0.6) is 5.75 Å². The number of methoxy groups -OCH3 is 2. The molecule has 5 atom stereocenters. The normalized spacial score (nSPS) is 16.7. The number of likely N-dealkylation sites (tertiary alicyclic amines) is 1. The number of fused-ring (bicyclic) bond motifs is 6. The molecule has 330 valence electrons. The van der Waals surface area contributed by atoms with Gasteiger partial charge in [-0.3, -0.25) is 14.9 Å². The predicted octanol–water partition coefficient (Wildman–Crippen LogP) is 7.51. The van der Waals surface area contributed by atoms with Crippen molar-refractivity contribution in [2.75, 3.05) is 27.3 Å². The van der Waals surface area contributed by atoms with E-state index in [1.54, 1.807) is 4.90 Å². The Kier molecular flexibility index (Phi) is 12.5. The Hall–Kier alpha value is -6.29. The number of alkyl carbamates (subject to hydrolysis) is 1. The molecule has 4 aromatic carbocycles. The molecule has 2 aromatic heterocycles. The maximum Gasteiger partial charge on any atom is 0.407 e. The second-order valence-electron chi connectivity index (χ2n) is 17.2. The number of H-pyrrole nitrogens is 2. The van der Waals surface area contributed by atoms with E-state index in [1.807, 2.05) is 68.3 Å². The van der Waals surface area contributed by atoms with Gasteiger partial charge in [-0.05, 0) is 83.5 Å². The molecule has 2 aliphatic heterocycles. The second kappa shape index (κ2) is 18.2. The molecule has 5 N–H and O–H groups in total. The van der Waals surface area contributed by atoms with E-state index in [9.17, 15) is 19.5 Å². The van der Waals surface area contributed by atoms with Crippen molar-refractivity contribution in [1.82, 2.24) is 40.4 Å². The lowest BCUT2D eigenvalue weighted by molar-refractivity contribution is -0.145. The van der Waals surface area contributed by atoms with Crippen LogP contribution in [0.2, 0.25) is 0 Å². The quantitative estimate of drug-likeness (QED) is 0.0687. The first-order valence-corrected chi connectivity index (χ1v) is 21.6. The highest BCUT2D eigenvalue weighted by molar-refractivity contribution is 6.07. The molecule has 0 bridgehead atoms. The van der Waals surface area contributed by atoms with Gasteiger partial charge in [0.2, 0.25) is 18.2 Å². The standard InChI is InChI=1S/C48H56N8O7/c1-26(2)24-56(46(58)41(54-48(60)62-7)29-12-9-8-10-13-29)28(5)43-50-36-18-16-30-21-35-33-17-15-31(20-32(33)25-63-39(35)22-34(30)42(36)52-43)37-23-49-44(51-37)38-14-11-19-55(38)45(57)40(27(3)4)53-47(59)61-6/h8-10,12-13,15-18,20-23,26-28,38,40-41,48,54,60H,11,14,19,24-25H2,1-7H3,(H,49,51)(H,50,52)(H,53,59)/t28-,38-,40-,41+,48?/m0/s1. The summed E-state index contributed by atoms with van der Waals surface area (Å²) in [5, 5.41) is 18.0. The van der Waals surface area contributed by atoms with Crippen molar-refractivity contribution in [2.24, 2.45) is 11.8 Å². The summed E-state index contributed by atoms with van der Waals surface area (Å²) in [5.74, 6) is 1.79. The third-order valence-corrected chi connectivity index (χ3v) is 12.1. The van der Waals surface area contributed by atoms with Crippen LogP contribution in [0, 0.1) is 11.8 Å². The molecule has 0 radical (unpaired) electrons. The van der Waals surface area contributed by atoms with Crippen molar-refractivity contribution in [3.8, 4) is 28.1 Å². The summed E-state index contributed by atoms with van der Waals surface area (Å²) in [6.07, 6.45) is 1.44. The van der Waals surface area contributed by atoms with Crippen LogP contribution in [0.4, 0.5) is 4.79 Å². The predicted molar refractivity (Wildman–Crippen MR) is 239 cm³/mol. The molecule has 8 rings (SSSR count). The molecule has 6 aromatic rings. The van der Waals surface area contributed by atoms with Crippen molar-refractivity contribution in [3.63, 3.8) is 0 Å². The number of carbonyl (C=O) groups excluding carboxylic acids is 3. The van der Waals surface area contributed by atoms with E-state index in [0.29, 0.717) is 36.9 Å². The van der Waals surface area contributed by atoms with Gasteiger partial charge in [0.1, 0.15) is 36.1 Å². The number of aliphatic hydroxyl groups excluding tert-OH is 1. The molecule has 0 spiro atoms. The van der Waals surface area contributed by atoms with Crippen molar-refractivity contribution < 1.29 is 33.7 Å². The smallest absolute Gasteiger partial charge is 0.407 e. The van der Waals surface area contributed by atoms with Crippen molar-refractivity contribution in [3.05, 3.63) is 102 Å². The zero-order valence-corrected chi connectivity index (χ0v) is 36.8. The molecule has 15 nitrogen and oxygen atoms in total. The topological polar surface area (TPSA) is 187 Å². The molecule has 1 saturated heterocycles. The van der Waals surface area contributed by atoms with E-state index in [2.05, 4.69) is 70.8 Å². The molecule has 63 heavy (non-hydrogen) atoms. The number of rotatable bonds is 14. The summed E-state index contributed by atoms with van der Waals surface area (Å²) in [7, 11) is 2.67. The van der Waals surface area contributed by atoms with Crippen LogP contribution in [0.15, 0.2) is 79.0 Å². The van der Waals surface area contributed by atoms with Crippen LogP contribution in [0.1, 0.15) is 88.4 Å². The Bertz CT molecular complexity index is 2620. The average molecular weight is 857 g/mol. The van der Waals surface area contributed by atoms with Gasteiger partial charge < -0.3 is 44.4 Å². The van der Waals surface area contributed by atoms with E-state index in [4.69, 9.17) is 24.2 Å². The summed E-state index contributed by atoms with van der Waals surface area (Å²) >= 11 is 0. The minimum absolute atomic E-state index is 0.121. The number of aliphatic hydroxyl groups is 1. The number of hydrogen-bond acceptors (Lipinski definition) is 10. The first kappa shape index (κ1) is 43.4. The fourth-order valence-electron chi connectivity index (χ4n) is 8.83. The van der Waals surface area contributed by atoms with E-state index >= 15 is 0 Å². The highest BCUT2D eigenvalue weighted by Crippen LogP contribution is 2.43. The molecule has 3 amide bonds. The lowest BCUT2D eigenvalue weighted by atomic mass is 9.92. The molecule has 1 fully saturated rings. The number of benzene rings is 4. The van der Waals surface area contributed by atoms with E-state index in [-0.39, 0.29) is 29.7 Å². The number of aromatic nitrogens is 4. The Labute approximate surface area is 366 Å². The maximum atomic E-state index is 14.4. The molecule has 2 aliphatic rings. The van der Waals surface area contributed by atoms with Crippen LogP contribution in [-0.2, 0) is 25.7 Å². The third-order valence-electron chi connectivity index (χ3n) is 12.1. The van der Waals surface area contributed by atoms with E-state index < -0.39 is 30.6 Å². The summed E-state index contributed by atoms with van der Waals surface area (Å²) in [5.41, 5.74) is 7.22. The number of hydrogen-bond donors (Lipinski definition) is 5. The maximum absolute atomic E-state index is 14.4. The van der Waals surface area contributed by atoms with Crippen LogP contribution < -0.4 is 15.4 Å². The summed E-state index contributed by atoms with van der Waals surface area (Å²) in [6.45, 7) is 11.3. The van der Waals surface area contributed by atoms with E-state index in [0.717, 1.165) is 68.3 Å². The van der Waals surface area contributed by atoms with Gasteiger partial charge >= 0.3 is 6.09 Å². The average Bonchev–Trinajstić information content (AvgIpc) is 4.08. The van der Waals surface area contributed by atoms with Gasteiger partial charge in [-0.1, -0.05) is 76.2 Å². The first-order valence-electron chi connectivity index (χ1n) is 21.6. The molecule has 15 heteroatoms. The summed E-state index contributed by atoms with van der Waals surface area (Å²) in [4.78, 5) is 60.6. The Balaban J connectivity index is 1.05. The van der Waals surface area contributed by atoms with Gasteiger partial charge in [-0.25, -0.2) is 14.8 Å². The first-order chi connectivity index (χ1) is 30.3. The van der Waals surface area contributed by atoms with Gasteiger partial charge in [-0.2, -0.15) is 0 Å². The van der Waals surface area contributed by atoms with Crippen LogP contribution in [-0.4, -0.2) is 92.5 Å². The zero-order chi connectivity index (χ0) is 44.5. The van der Waals surface area contributed by atoms with Gasteiger partial charge in [-0.15, -0.1) is 0 Å². The van der Waals surface area contributed by atoms with Crippen LogP contribution in [0.25, 0.3) is 44.2 Å². The number of amides is 3. The van der Waals surface area contributed by atoms with Crippen molar-refractivity contribution in [2.45, 2.75) is 84.6 Å². The van der Waals surface area contributed by atoms with Crippen LogP contribution >= 0.6 is 0 Å². The fraction of sp³-hybridized carbons (Fsp3) is 0.396. The highest BCUT2D eigenvalue weighted by Gasteiger charge is 2.38. The van der Waals surface area contributed by atoms with Crippen molar-refractivity contribution >= 4 is 39.7 Å². The second-order valence-corrected chi connectivity index (χ2v) is 17.2. The molecule has 4 heterocycles. The van der Waals surface area contributed by atoms with Crippen molar-refractivity contribution in [1.29, 1.82) is 0 Å². The third kappa shape index (κ3) is 8.73. The SMILES string of the molecule is COC(=O)N[C@H](C(=O)N1CCC[C@H]1c1ncc(-c2ccc3c(c2)COc2cc4c(ccc5[nH]c([C@H](C)N(CC(C)C)C(=O)[C@H](NC(O)OC)c6ccccc6)nc54)cc2-3)[nH]1)C(C)C. The summed E-state index contributed by atoms with van der Waals surface area (Å²) in [6, 6.07) is 21.7. The summed E-state index contributed by atoms with van der Waals surface area (Å²) < 4.78 is 16.3. The minimum atomic E-state index is -1.34.